The molecule has 1 amide bonds. The van der Waals surface area contributed by atoms with Crippen LogP contribution >= 0.6 is 0 Å². The fourth-order valence-corrected chi connectivity index (χ4v) is 3.56. The molecule has 1 saturated carbocycles. The van der Waals surface area contributed by atoms with E-state index < -0.39 is 22.9 Å². The van der Waals surface area contributed by atoms with Crippen LogP contribution in [0, 0.1) is 10.1 Å². The molecule has 1 fully saturated rings. The predicted molar refractivity (Wildman–Crippen MR) is 101 cm³/mol. The van der Waals surface area contributed by atoms with Gasteiger partial charge in [0.15, 0.2) is 6.61 Å². The van der Waals surface area contributed by atoms with Crippen molar-refractivity contribution in [2.75, 3.05) is 11.9 Å². The number of nitrogens with one attached hydrogen (secondary N) is 1. The lowest BCUT2D eigenvalue weighted by molar-refractivity contribution is -0.384. The van der Waals surface area contributed by atoms with Crippen LogP contribution < -0.4 is 10.1 Å². The van der Waals surface area contributed by atoms with E-state index in [0.29, 0.717) is 24.3 Å². The smallest absolute Gasteiger partial charge is 0.341 e. The van der Waals surface area contributed by atoms with Gasteiger partial charge in [-0.1, -0.05) is 25.0 Å². The SMILES string of the molecule is O=C(O)COc1ccc(NC(=O)C2(c3ccc([N+](=O)[O-])cc3)CCCC2)cc1. The Morgan fingerprint density at radius 3 is 2.21 bits per heavy atom. The van der Waals surface area contributed by atoms with E-state index in [0.717, 1.165) is 18.4 Å². The van der Waals surface area contributed by atoms with Gasteiger partial charge >= 0.3 is 5.97 Å². The molecule has 8 nitrogen and oxygen atoms in total. The van der Waals surface area contributed by atoms with Gasteiger partial charge < -0.3 is 15.2 Å². The van der Waals surface area contributed by atoms with E-state index in [1.165, 1.54) is 12.1 Å². The van der Waals surface area contributed by atoms with Gasteiger partial charge in [0.2, 0.25) is 5.91 Å². The fourth-order valence-electron chi connectivity index (χ4n) is 3.56. The molecule has 1 aliphatic carbocycles. The first-order valence-corrected chi connectivity index (χ1v) is 8.92. The summed E-state index contributed by atoms with van der Waals surface area (Å²) in [4.78, 5) is 34.1. The third kappa shape index (κ3) is 4.11. The molecule has 146 valence electrons. The molecule has 28 heavy (non-hydrogen) atoms. The molecule has 0 bridgehead atoms. The molecule has 0 atom stereocenters. The number of carbonyl (C=O) groups is 2. The lowest BCUT2D eigenvalue weighted by Gasteiger charge is -2.28. The maximum absolute atomic E-state index is 13.1. The summed E-state index contributed by atoms with van der Waals surface area (Å²) in [5.74, 6) is -0.826. The topological polar surface area (TPSA) is 119 Å². The average Bonchev–Trinajstić information content (AvgIpc) is 3.19. The van der Waals surface area contributed by atoms with Gasteiger partial charge in [-0.2, -0.15) is 0 Å². The van der Waals surface area contributed by atoms with Gasteiger partial charge in [0, 0.05) is 17.8 Å². The van der Waals surface area contributed by atoms with Crippen molar-refractivity contribution in [1.82, 2.24) is 0 Å². The van der Waals surface area contributed by atoms with Gasteiger partial charge in [0.25, 0.3) is 5.69 Å². The second-order valence-corrected chi connectivity index (χ2v) is 6.75. The Bertz CT molecular complexity index is 871. The molecule has 3 rings (SSSR count). The molecular formula is C20H20N2O6. The van der Waals surface area contributed by atoms with Crippen molar-refractivity contribution in [3.05, 3.63) is 64.2 Å². The number of amides is 1. The average molecular weight is 384 g/mol. The highest BCUT2D eigenvalue weighted by Gasteiger charge is 2.42. The molecule has 0 unspecified atom stereocenters. The third-order valence-corrected chi connectivity index (χ3v) is 5.00. The lowest BCUT2D eigenvalue weighted by Crippen LogP contribution is -2.37. The van der Waals surface area contributed by atoms with Crippen LogP contribution in [0.15, 0.2) is 48.5 Å². The zero-order valence-corrected chi connectivity index (χ0v) is 15.1. The zero-order valence-electron chi connectivity index (χ0n) is 15.1. The third-order valence-electron chi connectivity index (χ3n) is 5.00. The molecule has 0 aromatic heterocycles. The molecule has 0 saturated heterocycles. The summed E-state index contributed by atoms with van der Waals surface area (Å²) >= 11 is 0. The number of non-ortho nitro benzene ring substituents is 1. The van der Waals surface area contributed by atoms with E-state index in [4.69, 9.17) is 9.84 Å². The molecule has 1 aliphatic rings. The van der Waals surface area contributed by atoms with Gasteiger partial charge in [-0.05, 0) is 42.7 Å². The highest BCUT2D eigenvalue weighted by atomic mass is 16.6. The van der Waals surface area contributed by atoms with Gasteiger partial charge in [-0.25, -0.2) is 4.79 Å². The largest absolute Gasteiger partial charge is 0.482 e. The van der Waals surface area contributed by atoms with E-state index in [1.54, 1.807) is 36.4 Å². The van der Waals surface area contributed by atoms with Gasteiger partial charge in [0.1, 0.15) is 5.75 Å². The molecule has 2 aromatic carbocycles. The Morgan fingerprint density at radius 2 is 1.68 bits per heavy atom. The summed E-state index contributed by atoms with van der Waals surface area (Å²) in [6.45, 7) is -0.436. The quantitative estimate of drug-likeness (QED) is 0.557. The number of ether oxygens (including phenoxy) is 1. The highest BCUT2D eigenvalue weighted by Crippen LogP contribution is 2.42. The molecule has 0 aliphatic heterocycles. The number of carbonyl (C=O) groups excluding carboxylic acids is 1. The van der Waals surface area contributed by atoms with Crippen LogP contribution in [0.4, 0.5) is 11.4 Å². The summed E-state index contributed by atoms with van der Waals surface area (Å²) in [7, 11) is 0. The number of anilines is 1. The summed E-state index contributed by atoms with van der Waals surface area (Å²) in [6, 6.07) is 12.6. The van der Waals surface area contributed by atoms with Crippen LogP contribution in [0.2, 0.25) is 0 Å². The van der Waals surface area contributed by atoms with Crippen molar-refractivity contribution in [3.63, 3.8) is 0 Å². The summed E-state index contributed by atoms with van der Waals surface area (Å²) in [5, 5.41) is 22.4. The van der Waals surface area contributed by atoms with Gasteiger partial charge in [-0.15, -0.1) is 0 Å². The standard InChI is InChI=1S/C20H20N2O6/c23-18(24)13-28-17-9-5-15(6-10-17)21-19(25)20(11-1-2-12-20)14-3-7-16(8-4-14)22(26)27/h3-10H,1-2,11-13H2,(H,21,25)(H,23,24). The number of rotatable bonds is 7. The molecule has 2 aromatic rings. The minimum Gasteiger partial charge on any atom is -0.482 e. The number of benzene rings is 2. The second kappa shape index (κ2) is 8.08. The van der Waals surface area contributed by atoms with E-state index in [1.807, 2.05) is 0 Å². The van der Waals surface area contributed by atoms with Crippen LogP contribution in [0.3, 0.4) is 0 Å². The van der Waals surface area contributed by atoms with Crippen molar-refractivity contribution in [2.45, 2.75) is 31.1 Å². The fraction of sp³-hybridized carbons (Fsp3) is 0.300. The van der Waals surface area contributed by atoms with E-state index in [2.05, 4.69) is 5.32 Å². The Morgan fingerprint density at radius 1 is 1.07 bits per heavy atom. The number of nitro groups is 1. The minimum atomic E-state index is -1.07. The monoisotopic (exact) mass is 384 g/mol. The Balaban J connectivity index is 1.76. The van der Waals surface area contributed by atoms with E-state index in [9.17, 15) is 19.7 Å². The van der Waals surface area contributed by atoms with Crippen LogP contribution in [-0.2, 0) is 15.0 Å². The van der Waals surface area contributed by atoms with Crippen molar-refractivity contribution >= 4 is 23.3 Å². The summed E-state index contributed by atoms with van der Waals surface area (Å²) in [5.41, 5.74) is 0.623. The number of hydrogen-bond donors (Lipinski definition) is 2. The number of nitro benzene ring substituents is 1. The minimum absolute atomic E-state index is 0.00532. The van der Waals surface area contributed by atoms with Crippen LogP contribution in [-0.4, -0.2) is 28.5 Å². The molecule has 0 radical (unpaired) electrons. The number of carboxylic acid groups (broad SMARTS) is 1. The first-order chi connectivity index (χ1) is 13.4. The van der Waals surface area contributed by atoms with Crippen LogP contribution in [0.1, 0.15) is 31.2 Å². The molecule has 8 heteroatoms. The zero-order chi connectivity index (χ0) is 20.1. The van der Waals surface area contributed by atoms with E-state index >= 15 is 0 Å². The maximum atomic E-state index is 13.1. The summed E-state index contributed by atoms with van der Waals surface area (Å²) in [6.07, 6.45) is 3.17. The Kier molecular flexibility index (Phi) is 5.58. The number of aliphatic carboxylic acids is 1. The first kappa shape index (κ1) is 19.3. The first-order valence-electron chi connectivity index (χ1n) is 8.92. The number of hydrogen-bond acceptors (Lipinski definition) is 5. The van der Waals surface area contributed by atoms with Crippen molar-refractivity contribution in [2.24, 2.45) is 0 Å². The number of carboxylic acids is 1. The summed E-state index contributed by atoms with van der Waals surface area (Å²) < 4.78 is 5.08. The predicted octanol–water partition coefficient (Wildman–Crippen LogP) is 3.51. The van der Waals surface area contributed by atoms with Gasteiger partial charge in [-0.3, -0.25) is 14.9 Å². The number of nitrogens with zero attached hydrogens (tertiary/aromatic N) is 1. The highest BCUT2D eigenvalue weighted by molar-refractivity contribution is 5.99. The second-order valence-electron chi connectivity index (χ2n) is 6.75. The van der Waals surface area contributed by atoms with E-state index in [-0.39, 0.29) is 11.6 Å². The lowest BCUT2D eigenvalue weighted by atomic mass is 9.78. The van der Waals surface area contributed by atoms with Crippen molar-refractivity contribution < 1.29 is 24.4 Å². The molecule has 0 heterocycles. The molecule has 2 N–H and O–H groups in total. The van der Waals surface area contributed by atoms with Crippen molar-refractivity contribution in [1.29, 1.82) is 0 Å². The van der Waals surface area contributed by atoms with Crippen LogP contribution in [0.5, 0.6) is 5.75 Å². The maximum Gasteiger partial charge on any atom is 0.341 e. The Hall–Kier alpha value is -3.42. The Labute approximate surface area is 161 Å². The normalized spacial score (nSPS) is 15.0. The van der Waals surface area contributed by atoms with Gasteiger partial charge in [0.05, 0.1) is 10.3 Å². The molecule has 0 spiro atoms. The molecular weight excluding hydrogens is 364 g/mol. The van der Waals surface area contributed by atoms with Crippen molar-refractivity contribution in [3.8, 4) is 5.75 Å². The van der Waals surface area contributed by atoms with Crippen LogP contribution in [0.25, 0.3) is 0 Å².